The van der Waals surface area contributed by atoms with Crippen molar-refractivity contribution in [2.24, 2.45) is 5.41 Å². The van der Waals surface area contributed by atoms with Crippen LogP contribution in [0.5, 0.6) is 0 Å². The fourth-order valence-electron chi connectivity index (χ4n) is 7.82. The average molecular weight is 680 g/mol. The molecule has 3 saturated carbocycles. The quantitative estimate of drug-likeness (QED) is 0.173. The van der Waals surface area contributed by atoms with Gasteiger partial charge in [-0.2, -0.15) is 5.26 Å². The third-order valence-electron chi connectivity index (χ3n) is 10.5. The number of fused-ring (bicyclic) bond motifs is 4. The molecule has 3 aliphatic carbocycles. The number of halogens is 3. The fourth-order valence-corrected chi connectivity index (χ4v) is 9.36. The van der Waals surface area contributed by atoms with Crippen LogP contribution in [0.3, 0.4) is 0 Å². The van der Waals surface area contributed by atoms with Gasteiger partial charge in [0.2, 0.25) is 0 Å². The molecule has 1 aromatic heterocycles. The van der Waals surface area contributed by atoms with Crippen LogP contribution in [0.4, 0.5) is 18.9 Å². The van der Waals surface area contributed by atoms with Gasteiger partial charge in [0.25, 0.3) is 16.4 Å². The Kier molecular flexibility index (Phi) is 7.64. The minimum absolute atomic E-state index is 0.0571. The molecule has 246 valence electrons. The first kappa shape index (κ1) is 32.2. The third-order valence-corrected chi connectivity index (χ3v) is 12.3. The molecule has 49 heavy (non-hydrogen) atoms. The van der Waals surface area contributed by atoms with Crippen molar-refractivity contribution in [3.63, 3.8) is 0 Å². The maximum atomic E-state index is 15.1. The molecule has 8 rings (SSSR count). The Morgan fingerprint density at radius 2 is 1.59 bits per heavy atom. The Morgan fingerprint density at radius 3 is 2.20 bits per heavy atom. The lowest BCUT2D eigenvalue weighted by Crippen LogP contribution is -2.47. The largest absolute Gasteiger partial charge is 0.481 e. The third kappa shape index (κ3) is 4.99. The molecular weight excluding hydrogens is 651 g/mol. The molecule has 2 bridgehead atoms. The predicted molar refractivity (Wildman–Crippen MR) is 177 cm³/mol. The first-order valence-corrected chi connectivity index (χ1v) is 17.1. The van der Waals surface area contributed by atoms with Gasteiger partial charge >= 0.3 is 5.97 Å². The SMILES string of the molecule is [C-]#[N+]c1cccc(C#N)c1-c1c(-c2cccc(C34CCC(C(=O)O)(CC3)CC4)c2)n(S(=O)(=O)c2ccc(C(F)F)cc2)c2ccc(F)cc12. The van der Waals surface area contributed by atoms with Crippen molar-refractivity contribution in [1.82, 2.24) is 3.97 Å². The zero-order valence-corrected chi connectivity index (χ0v) is 26.8. The van der Waals surface area contributed by atoms with E-state index in [4.69, 9.17) is 6.57 Å². The lowest BCUT2D eigenvalue weighted by atomic mass is 9.52. The Bertz CT molecular complexity index is 2310. The summed E-state index contributed by atoms with van der Waals surface area (Å²) in [6, 6.07) is 21.8. The normalized spacial score (nSPS) is 20.3. The summed E-state index contributed by atoms with van der Waals surface area (Å²) < 4.78 is 72.3. The van der Waals surface area contributed by atoms with Crippen molar-refractivity contribution >= 4 is 32.6 Å². The first-order chi connectivity index (χ1) is 23.4. The number of aromatic nitrogens is 1. The van der Waals surface area contributed by atoms with Gasteiger partial charge in [-0.3, -0.25) is 4.79 Å². The van der Waals surface area contributed by atoms with Crippen LogP contribution >= 0.6 is 0 Å². The number of rotatable bonds is 7. The molecule has 1 heterocycles. The second-order valence-electron chi connectivity index (χ2n) is 12.9. The number of alkyl halides is 2. The molecule has 0 spiro atoms. The van der Waals surface area contributed by atoms with E-state index < -0.39 is 33.7 Å². The van der Waals surface area contributed by atoms with E-state index in [2.05, 4.69) is 10.9 Å². The van der Waals surface area contributed by atoms with Crippen LogP contribution in [0.25, 0.3) is 38.1 Å². The highest BCUT2D eigenvalue weighted by atomic mass is 32.2. The van der Waals surface area contributed by atoms with E-state index in [0.29, 0.717) is 44.1 Å². The maximum absolute atomic E-state index is 15.1. The van der Waals surface area contributed by atoms with E-state index in [1.165, 1.54) is 18.2 Å². The smallest absolute Gasteiger partial charge is 0.309 e. The lowest BCUT2D eigenvalue weighted by molar-refractivity contribution is -0.156. The number of carboxylic acids is 1. The van der Waals surface area contributed by atoms with E-state index in [1.807, 2.05) is 12.1 Å². The lowest BCUT2D eigenvalue weighted by Gasteiger charge is -2.51. The number of hydrogen-bond acceptors (Lipinski definition) is 4. The molecule has 5 aromatic rings. The summed E-state index contributed by atoms with van der Waals surface area (Å²) in [6.07, 6.45) is 0.651. The van der Waals surface area contributed by atoms with Gasteiger partial charge < -0.3 is 5.11 Å². The van der Waals surface area contributed by atoms with Crippen molar-refractivity contribution in [3.8, 4) is 28.5 Å². The summed E-state index contributed by atoms with van der Waals surface area (Å²) in [5.41, 5.74) is 0.455. The number of carboxylic acid groups (broad SMARTS) is 1. The van der Waals surface area contributed by atoms with Gasteiger partial charge in [0.05, 0.1) is 34.2 Å². The molecule has 0 unspecified atom stereocenters. The number of aliphatic carboxylic acids is 1. The van der Waals surface area contributed by atoms with Gasteiger partial charge in [0.15, 0.2) is 5.69 Å². The van der Waals surface area contributed by atoms with Gasteiger partial charge in [-0.05, 0) is 92.0 Å². The van der Waals surface area contributed by atoms with Crippen LogP contribution in [-0.4, -0.2) is 23.5 Å². The molecule has 7 nitrogen and oxygen atoms in total. The Balaban J connectivity index is 1.55. The fraction of sp³-hybridized carbons (Fsp3) is 0.237. The highest BCUT2D eigenvalue weighted by Gasteiger charge is 2.53. The first-order valence-electron chi connectivity index (χ1n) is 15.7. The van der Waals surface area contributed by atoms with Crippen molar-refractivity contribution in [1.29, 1.82) is 5.26 Å². The van der Waals surface area contributed by atoms with Crippen molar-refractivity contribution in [3.05, 3.63) is 119 Å². The summed E-state index contributed by atoms with van der Waals surface area (Å²) in [6.45, 7) is 7.93. The molecule has 0 radical (unpaired) electrons. The van der Waals surface area contributed by atoms with E-state index in [1.54, 1.807) is 18.2 Å². The van der Waals surface area contributed by atoms with Crippen molar-refractivity contribution in [2.75, 3.05) is 0 Å². The number of benzene rings is 4. The summed E-state index contributed by atoms with van der Waals surface area (Å²) in [4.78, 5) is 15.5. The van der Waals surface area contributed by atoms with E-state index >= 15 is 4.39 Å². The maximum Gasteiger partial charge on any atom is 0.309 e. The number of hydrogen-bond donors (Lipinski definition) is 1. The molecule has 1 N–H and O–H groups in total. The molecular formula is C38H28F3N3O4S. The second kappa shape index (κ2) is 11.6. The molecule has 4 aromatic carbocycles. The zero-order chi connectivity index (χ0) is 34.7. The summed E-state index contributed by atoms with van der Waals surface area (Å²) >= 11 is 0. The number of nitrogens with zero attached hydrogens (tertiary/aromatic N) is 3. The summed E-state index contributed by atoms with van der Waals surface area (Å²) in [5.74, 6) is -1.46. The van der Waals surface area contributed by atoms with Crippen LogP contribution in [0, 0.1) is 29.1 Å². The average Bonchev–Trinajstić information content (AvgIpc) is 3.46. The number of carbonyl (C=O) groups is 1. The van der Waals surface area contributed by atoms with Gasteiger partial charge in [-0.15, -0.1) is 0 Å². The molecule has 0 aliphatic heterocycles. The topological polar surface area (TPSA) is 105 Å². The highest BCUT2D eigenvalue weighted by Crippen LogP contribution is 2.58. The van der Waals surface area contributed by atoms with Crippen LogP contribution in [0.1, 0.15) is 61.6 Å². The highest BCUT2D eigenvalue weighted by molar-refractivity contribution is 7.90. The van der Waals surface area contributed by atoms with Gasteiger partial charge in [0, 0.05) is 33.2 Å². The molecule has 0 amide bonds. The Hall–Kier alpha value is -5.39. The monoisotopic (exact) mass is 679 g/mol. The van der Waals surface area contributed by atoms with Crippen LogP contribution in [0.15, 0.2) is 89.8 Å². The van der Waals surface area contributed by atoms with Gasteiger partial charge in [-0.25, -0.2) is 30.4 Å². The minimum Gasteiger partial charge on any atom is -0.481 e. The van der Waals surface area contributed by atoms with Crippen molar-refractivity contribution < 1.29 is 31.5 Å². The molecule has 3 aliphatic rings. The Labute approximate surface area is 280 Å². The van der Waals surface area contributed by atoms with Crippen LogP contribution in [-0.2, 0) is 20.2 Å². The van der Waals surface area contributed by atoms with Crippen LogP contribution < -0.4 is 0 Å². The predicted octanol–water partition coefficient (Wildman–Crippen LogP) is 9.39. The molecule has 11 heteroatoms. The molecule has 0 saturated heterocycles. The van der Waals surface area contributed by atoms with Crippen LogP contribution in [0.2, 0.25) is 0 Å². The standard InChI is InChI=1S/C38H28F3N3O4S/c1-43-30-7-3-5-25(22-42)32(30)33-29-21-27(39)10-13-31(29)44(49(47,48)28-11-8-23(9-12-28)35(40)41)34(33)24-4-2-6-26(20-24)37-14-17-38(18-15-37,19-16-37)36(45)46/h2-13,20-21,35H,14-19H2,(H,45,46). The summed E-state index contributed by atoms with van der Waals surface area (Å²) in [5, 5.41) is 20.3. The van der Waals surface area contributed by atoms with Gasteiger partial charge in [-0.1, -0.05) is 42.5 Å². The van der Waals surface area contributed by atoms with Gasteiger partial charge in [0.1, 0.15) is 5.82 Å². The molecule has 0 atom stereocenters. The number of nitriles is 1. The minimum atomic E-state index is -4.57. The summed E-state index contributed by atoms with van der Waals surface area (Å²) in [7, 11) is -4.57. The zero-order valence-electron chi connectivity index (χ0n) is 26.0. The Morgan fingerprint density at radius 1 is 0.918 bits per heavy atom. The van der Waals surface area contributed by atoms with E-state index in [-0.39, 0.29) is 54.8 Å². The van der Waals surface area contributed by atoms with E-state index in [9.17, 15) is 32.4 Å². The second-order valence-corrected chi connectivity index (χ2v) is 14.7. The molecule has 3 fully saturated rings. The van der Waals surface area contributed by atoms with Crippen molar-refractivity contribution in [2.45, 2.75) is 55.3 Å². The van der Waals surface area contributed by atoms with E-state index in [0.717, 1.165) is 45.9 Å².